The maximum atomic E-state index is 13.4. The van der Waals surface area contributed by atoms with E-state index in [4.69, 9.17) is 0 Å². The van der Waals surface area contributed by atoms with Crippen molar-refractivity contribution in [3.63, 3.8) is 0 Å². The molecule has 0 aromatic heterocycles. The number of benzene rings is 7. The Bertz CT molecular complexity index is 3280. The Morgan fingerprint density at radius 2 is 0.779 bits per heavy atom. The summed E-state index contributed by atoms with van der Waals surface area (Å²) in [7, 11) is -13.0. The number of fused-ring (bicyclic) bond motifs is 6. The van der Waals surface area contributed by atoms with E-state index in [2.05, 4.69) is 155 Å². The fourth-order valence-electron chi connectivity index (χ4n) is 9.43. The molecular formula is C55H39F18OPS2. The Hall–Kier alpha value is -5.92. The number of hydrogen-bond acceptors (Lipinski definition) is 2. The van der Waals surface area contributed by atoms with Gasteiger partial charge in [0, 0.05) is 31.7 Å². The maximum absolute atomic E-state index is 13.4. The quantitative estimate of drug-likeness (QED) is 0.0588. The number of carbonyl (C=O) groups is 1. The van der Waals surface area contributed by atoms with Crippen molar-refractivity contribution in [1.29, 1.82) is 0 Å². The monoisotopic (exact) mass is 1150 g/mol. The summed E-state index contributed by atoms with van der Waals surface area (Å²) in [5.74, 6) is 0.0653. The molecule has 408 valence electrons. The summed E-state index contributed by atoms with van der Waals surface area (Å²) in [6.45, 7) is 9.27. The minimum Gasteiger partial charge on any atom is -1.00 e. The van der Waals surface area contributed by atoms with Crippen LogP contribution in [0.4, 0.5) is 74.3 Å². The van der Waals surface area contributed by atoms with Crippen molar-refractivity contribution in [2.45, 2.75) is 98.5 Å². The van der Waals surface area contributed by atoms with Gasteiger partial charge >= 0.3 is 117 Å². The van der Waals surface area contributed by atoms with Crippen LogP contribution in [-0.2, 0) is 21.7 Å². The summed E-state index contributed by atoms with van der Waals surface area (Å²) in [5, 5.41) is 0. The normalized spacial score (nSPS) is 15.8. The molecule has 0 saturated heterocycles. The first-order valence-electron chi connectivity index (χ1n) is 22.5. The molecule has 1 atom stereocenters. The van der Waals surface area contributed by atoms with Gasteiger partial charge in [-0.1, -0.05) is 130 Å². The molecule has 9 rings (SSSR count). The number of carbonyl (C=O) groups excluding carboxylic acids is 1. The van der Waals surface area contributed by atoms with Crippen LogP contribution in [0.5, 0.6) is 0 Å². The van der Waals surface area contributed by atoms with Gasteiger partial charge in [0.25, 0.3) is 0 Å². The van der Waals surface area contributed by atoms with E-state index < -0.39 is 42.7 Å². The van der Waals surface area contributed by atoms with E-state index in [0.717, 1.165) is 11.1 Å². The summed E-state index contributed by atoms with van der Waals surface area (Å²) >= 11 is 1.81. The molecule has 0 fully saturated rings. The molecule has 77 heavy (non-hydrogen) atoms. The minimum atomic E-state index is -12.7. The number of alkyl halides is 15. The molecule has 0 saturated carbocycles. The van der Waals surface area contributed by atoms with Crippen molar-refractivity contribution in [2.24, 2.45) is 0 Å². The van der Waals surface area contributed by atoms with Gasteiger partial charge in [-0.05, 0) is 117 Å². The molecule has 1 nitrogen and oxygen atoms in total. The van der Waals surface area contributed by atoms with Crippen LogP contribution in [0.2, 0.25) is 0 Å². The van der Waals surface area contributed by atoms with E-state index in [0.29, 0.717) is 0 Å². The molecule has 0 radical (unpaired) electrons. The molecule has 1 unspecified atom stereocenters. The van der Waals surface area contributed by atoms with Crippen molar-refractivity contribution < 1.29 is 83.7 Å². The van der Waals surface area contributed by atoms with E-state index in [-0.39, 0.29) is 32.2 Å². The second-order valence-electron chi connectivity index (χ2n) is 18.9. The first-order valence-corrected chi connectivity index (χ1v) is 26.6. The summed E-state index contributed by atoms with van der Waals surface area (Å²) in [4.78, 5) is 19.7. The molecule has 22 heteroatoms. The molecular weight excluding hydrogens is 1110 g/mol. The van der Waals surface area contributed by atoms with Crippen LogP contribution < -0.4 is 4.70 Å². The third-order valence-corrected chi connectivity index (χ3v) is 20.4. The van der Waals surface area contributed by atoms with Crippen molar-refractivity contribution in [3.8, 4) is 22.3 Å². The van der Waals surface area contributed by atoms with Gasteiger partial charge in [0.05, 0.1) is 10.9 Å². The van der Waals surface area contributed by atoms with Crippen LogP contribution in [0, 0.1) is 0 Å². The van der Waals surface area contributed by atoms with E-state index >= 15 is 0 Å². The van der Waals surface area contributed by atoms with Crippen LogP contribution in [0.1, 0.15) is 65.9 Å². The summed E-state index contributed by atoms with van der Waals surface area (Å²) in [6, 6.07) is 58.8. The Kier molecular flexibility index (Phi) is 14.9. The average Bonchev–Trinajstić information content (AvgIpc) is 3.77. The topological polar surface area (TPSA) is 17.1 Å². The summed E-state index contributed by atoms with van der Waals surface area (Å²) in [5.41, 5.74) is -15.4. The van der Waals surface area contributed by atoms with Gasteiger partial charge in [0.2, 0.25) is 0 Å². The first kappa shape index (κ1) is 58.8. The average molecular weight is 1150 g/mol. The predicted molar refractivity (Wildman–Crippen MR) is 259 cm³/mol. The minimum absolute atomic E-state index is 0. The molecule has 0 heterocycles. The van der Waals surface area contributed by atoms with Crippen molar-refractivity contribution in [3.05, 3.63) is 197 Å². The third kappa shape index (κ3) is 9.09. The van der Waals surface area contributed by atoms with Gasteiger partial charge in [-0.25, -0.2) is 0 Å². The van der Waals surface area contributed by atoms with Gasteiger partial charge in [-0.15, -0.1) is 0 Å². The Labute approximate surface area is 435 Å². The Balaban J connectivity index is 0.000000294. The van der Waals surface area contributed by atoms with Gasteiger partial charge in [0.15, 0.2) is 20.5 Å². The molecule has 7 aromatic carbocycles. The number of rotatable bonds is 10. The first-order chi connectivity index (χ1) is 35.0. The van der Waals surface area contributed by atoms with E-state index in [1.54, 1.807) is 0 Å². The Morgan fingerprint density at radius 3 is 1.30 bits per heavy atom. The van der Waals surface area contributed by atoms with E-state index in [1.165, 1.54) is 69.0 Å². The fraction of sp³-hybridized carbons (Fsp3) is 0.218. The SMILES string of the molecule is CC1(C)c2cc(Sc3ccc([S+](c4ccccc4)c4ccc5c(c4)C(C)(C)c4ccccc4-5)cc3)ccc2-c2ccc(C(=O)c3ccccc3)cc21.FC(F)(F)C(F)(F)P(F)(F)(C(F)(F)C(F)(F)F)C(F)(F)C(F)(F)F.[F-]. The molecule has 7 aromatic rings. The second kappa shape index (κ2) is 19.5. The number of ketones is 1. The second-order valence-corrected chi connectivity index (χ2v) is 25.6. The van der Waals surface area contributed by atoms with Crippen LogP contribution >= 0.6 is 19.0 Å². The van der Waals surface area contributed by atoms with Crippen LogP contribution in [0.15, 0.2) is 188 Å². The largest absolute Gasteiger partial charge is 1.00 e. The van der Waals surface area contributed by atoms with Gasteiger partial charge in [-0.3, -0.25) is 4.79 Å². The molecule has 0 aliphatic heterocycles. The molecule has 2 aliphatic carbocycles. The van der Waals surface area contributed by atoms with Crippen molar-refractivity contribution in [2.75, 3.05) is 0 Å². The smallest absolute Gasteiger partial charge is 1.00 e. The van der Waals surface area contributed by atoms with E-state index in [1.807, 2.05) is 48.2 Å². The molecule has 0 spiro atoms. The zero-order valence-electron chi connectivity index (χ0n) is 40.1. The zero-order chi connectivity index (χ0) is 56.1. The third-order valence-electron chi connectivity index (χ3n) is 13.5. The summed E-state index contributed by atoms with van der Waals surface area (Å²) < 4.78 is 209. The molecule has 2 aliphatic rings. The molecule has 0 amide bonds. The predicted octanol–water partition coefficient (Wildman–Crippen LogP) is 16.6. The standard InChI is InChI=1S/C49H39OS2.C6F17P.FH/c1-48(2)43-18-12-11-17-39(43)42-28-25-38(31-46(42)48)52(36-15-9-6-10-16-36)37-23-20-34(21-24-37)51-35-22-27-41-40-26-19-33(47(50)32-13-7-5-8-14-32)29-44(40)49(3,4)45(41)30-35;7-1(8,9)4(16,17)24(22,23,5(18,19)2(10,11)12)6(20,21)3(13,14)15;/h5-31H,1-4H3;;1H/q+1;;/p-1. The number of halogens is 18. The van der Waals surface area contributed by atoms with Crippen molar-refractivity contribution in [1.82, 2.24) is 0 Å². The number of hydrogen-bond donors (Lipinski definition) is 0. The molecule has 0 bridgehead atoms. The van der Waals surface area contributed by atoms with Gasteiger partial charge in [-0.2, -0.15) is 0 Å². The van der Waals surface area contributed by atoms with Gasteiger partial charge < -0.3 is 4.70 Å². The van der Waals surface area contributed by atoms with Crippen molar-refractivity contribution >= 4 is 35.7 Å². The summed E-state index contributed by atoms with van der Waals surface area (Å²) in [6.07, 6.45) is -24.9. The van der Waals surface area contributed by atoms with Crippen LogP contribution in [0.25, 0.3) is 22.3 Å². The van der Waals surface area contributed by atoms with Gasteiger partial charge in [0.1, 0.15) is 0 Å². The van der Waals surface area contributed by atoms with Crippen LogP contribution in [-0.4, -0.2) is 41.3 Å². The van der Waals surface area contributed by atoms with Crippen LogP contribution in [0.3, 0.4) is 0 Å². The molecule has 0 N–H and O–H groups in total. The van der Waals surface area contributed by atoms with E-state index in [9.17, 15) is 79.0 Å². The maximum Gasteiger partial charge on any atom is -1.00 e. The fourth-order valence-corrected chi connectivity index (χ4v) is 14.8. The Morgan fingerprint density at radius 1 is 0.403 bits per heavy atom. The zero-order valence-corrected chi connectivity index (χ0v) is 42.6.